The molecule has 3 N–H and O–H groups in total. The molecule has 1 aliphatic carbocycles. The highest BCUT2D eigenvalue weighted by atomic mass is 79.9. The summed E-state index contributed by atoms with van der Waals surface area (Å²) in [7, 11) is 1.77. The Morgan fingerprint density at radius 1 is 1.19 bits per heavy atom. The molecular formula is C19H26BrN3O3. The Morgan fingerprint density at radius 3 is 2.65 bits per heavy atom. The Balaban J connectivity index is 1.66. The molecule has 1 aromatic carbocycles. The van der Waals surface area contributed by atoms with Crippen molar-refractivity contribution < 1.29 is 14.3 Å². The number of ether oxygens (including phenoxy) is 1. The van der Waals surface area contributed by atoms with E-state index in [-0.39, 0.29) is 11.8 Å². The van der Waals surface area contributed by atoms with Crippen molar-refractivity contribution in [2.24, 2.45) is 0 Å². The van der Waals surface area contributed by atoms with Crippen molar-refractivity contribution >= 4 is 39.1 Å². The van der Waals surface area contributed by atoms with Crippen LogP contribution in [0.4, 0.5) is 11.4 Å². The topological polar surface area (TPSA) is 79.5 Å². The predicted molar refractivity (Wildman–Crippen MR) is 105 cm³/mol. The molecule has 1 heterocycles. The molecule has 2 fully saturated rings. The highest BCUT2D eigenvalue weighted by molar-refractivity contribution is 9.10. The predicted octanol–water partition coefficient (Wildman–Crippen LogP) is 3.43. The Morgan fingerprint density at radius 2 is 1.96 bits per heavy atom. The molecule has 3 rings (SSSR count). The van der Waals surface area contributed by atoms with Crippen LogP contribution < -0.4 is 16.0 Å². The number of methoxy groups -OCH3 is 1. The van der Waals surface area contributed by atoms with Crippen LogP contribution in [0.2, 0.25) is 0 Å². The van der Waals surface area contributed by atoms with Gasteiger partial charge in [-0.2, -0.15) is 0 Å². The molecule has 0 spiro atoms. The van der Waals surface area contributed by atoms with Gasteiger partial charge in [-0.15, -0.1) is 0 Å². The van der Waals surface area contributed by atoms with Crippen LogP contribution in [0.25, 0.3) is 0 Å². The maximum Gasteiger partial charge on any atom is 0.247 e. The molecule has 0 bridgehead atoms. The van der Waals surface area contributed by atoms with E-state index in [1.54, 1.807) is 7.11 Å². The molecule has 1 unspecified atom stereocenters. The number of rotatable bonds is 5. The first-order valence-corrected chi connectivity index (χ1v) is 10.0. The molecular weight excluding hydrogens is 398 g/mol. The molecule has 0 radical (unpaired) electrons. The summed E-state index contributed by atoms with van der Waals surface area (Å²) in [6.45, 7) is 0. The molecule has 1 saturated heterocycles. The van der Waals surface area contributed by atoms with E-state index < -0.39 is 6.04 Å². The van der Waals surface area contributed by atoms with Gasteiger partial charge in [0.2, 0.25) is 11.8 Å². The molecule has 2 amide bonds. The van der Waals surface area contributed by atoms with Gasteiger partial charge in [-0.3, -0.25) is 9.59 Å². The molecule has 6 nitrogen and oxygen atoms in total. The number of hydrogen-bond donors (Lipinski definition) is 3. The van der Waals surface area contributed by atoms with E-state index in [0.29, 0.717) is 25.0 Å². The lowest BCUT2D eigenvalue weighted by atomic mass is 9.92. The maximum absolute atomic E-state index is 12.6. The van der Waals surface area contributed by atoms with Gasteiger partial charge in [-0.05, 0) is 56.7 Å². The van der Waals surface area contributed by atoms with Crippen molar-refractivity contribution in [1.82, 2.24) is 5.32 Å². The molecule has 1 aliphatic heterocycles. The fourth-order valence-electron chi connectivity index (χ4n) is 3.63. The highest BCUT2D eigenvalue weighted by Gasteiger charge is 2.26. The van der Waals surface area contributed by atoms with E-state index in [0.717, 1.165) is 48.0 Å². The van der Waals surface area contributed by atoms with Crippen LogP contribution in [0.3, 0.4) is 0 Å². The third-order valence-corrected chi connectivity index (χ3v) is 5.65. The molecule has 1 atom stereocenters. The number of piperidine rings is 1. The van der Waals surface area contributed by atoms with E-state index in [4.69, 9.17) is 4.74 Å². The fraction of sp³-hybridized carbons (Fsp3) is 0.579. The summed E-state index contributed by atoms with van der Waals surface area (Å²) in [5, 5.41) is 9.31. The summed E-state index contributed by atoms with van der Waals surface area (Å²) in [5.74, 6) is -0.221. The fourth-order valence-corrected chi connectivity index (χ4v) is 3.99. The third-order valence-electron chi connectivity index (χ3n) is 5.15. The van der Waals surface area contributed by atoms with Crippen LogP contribution in [0.1, 0.15) is 44.9 Å². The van der Waals surface area contributed by atoms with Crippen LogP contribution in [-0.4, -0.2) is 37.1 Å². The van der Waals surface area contributed by atoms with E-state index >= 15 is 0 Å². The van der Waals surface area contributed by atoms with E-state index in [9.17, 15) is 9.59 Å². The number of hydrogen-bond acceptors (Lipinski definition) is 4. The zero-order valence-electron chi connectivity index (χ0n) is 15.0. The summed E-state index contributed by atoms with van der Waals surface area (Å²) in [4.78, 5) is 24.1. The lowest BCUT2D eigenvalue weighted by Crippen LogP contribution is -2.46. The number of nitrogens with one attached hydrogen (secondary N) is 3. The van der Waals surface area contributed by atoms with Gasteiger partial charge >= 0.3 is 0 Å². The lowest BCUT2D eigenvalue weighted by Gasteiger charge is -2.30. The minimum atomic E-state index is -0.458. The van der Waals surface area contributed by atoms with Gasteiger partial charge in [0.15, 0.2) is 0 Å². The Labute approximate surface area is 162 Å². The van der Waals surface area contributed by atoms with Crippen LogP contribution in [0.5, 0.6) is 0 Å². The van der Waals surface area contributed by atoms with Crippen LogP contribution in [0.15, 0.2) is 22.7 Å². The smallest absolute Gasteiger partial charge is 0.247 e. The summed E-state index contributed by atoms with van der Waals surface area (Å²) < 4.78 is 6.33. The van der Waals surface area contributed by atoms with Gasteiger partial charge < -0.3 is 20.7 Å². The standard InChI is InChI=1S/C19H26BrN3O3/c1-26-14-8-6-13(7-9-14)21-15-10-5-12(20)11-17(15)23-19(25)16-3-2-4-18(24)22-16/h5,10-11,13-14,16,21H,2-4,6-9H2,1H3,(H,22,24)(H,23,25). The van der Waals surface area contributed by atoms with Gasteiger partial charge in [-0.1, -0.05) is 15.9 Å². The molecule has 26 heavy (non-hydrogen) atoms. The van der Waals surface area contributed by atoms with Crippen molar-refractivity contribution in [3.05, 3.63) is 22.7 Å². The number of carbonyl (C=O) groups is 2. The van der Waals surface area contributed by atoms with Gasteiger partial charge in [0.25, 0.3) is 0 Å². The monoisotopic (exact) mass is 423 g/mol. The zero-order chi connectivity index (χ0) is 18.5. The Hall–Kier alpha value is -1.60. The third kappa shape index (κ3) is 4.98. The molecule has 142 valence electrons. The van der Waals surface area contributed by atoms with Crippen LogP contribution in [-0.2, 0) is 14.3 Å². The quantitative estimate of drug-likeness (QED) is 0.677. The molecule has 1 saturated carbocycles. The average molecular weight is 424 g/mol. The lowest BCUT2D eigenvalue weighted by molar-refractivity contribution is -0.128. The van der Waals surface area contributed by atoms with E-state index in [1.165, 1.54) is 0 Å². The number of anilines is 2. The van der Waals surface area contributed by atoms with Crippen molar-refractivity contribution in [3.63, 3.8) is 0 Å². The molecule has 2 aliphatic rings. The van der Waals surface area contributed by atoms with Crippen LogP contribution in [0, 0.1) is 0 Å². The SMILES string of the molecule is COC1CCC(Nc2ccc(Br)cc2NC(=O)C2CCCC(=O)N2)CC1. The van der Waals surface area contributed by atoms with Crippen LogP contribution >= 0.6 is 15.9 Å². The van der Waals surface area contributed by atoms with Crippen molar-refractivity contribution in [2.45, 2.75) is 63.1 Å². The van der Waals surface area contributed by atoms with Crippen molar-refractivity contribution in [3.8, 4) is 0 Å². The second-order valence-corrected chi connectivity index (χ2v) is 7.96. The first kappa shape index (κ1) is 19.2. The molecule has 0 aromatic heterocycles. The maximum atomic E-state index is 12.6. The molecule has 7 heteroatoms. The first-order valence-electron chi connectivity index (χ1n) is 9.24. The minimum absolute atomic E-state index is 0.0566. The van der Waals surface area contributed by atoms with Gasteiger partial charge in [-0.25, -0.2) is 0 Å². The van der Waals surface area contributed by atoms with Crippen molar-refractivity contribution in [1.29, 1.82) is 0 Å². The first-order chi connectivity index (χ1) is 12.5. The number of benzene rings is 1. The van der Waals surface area contributed by atoms with Gasteiger partial charge in [0.05, 0.1) is 17.5 Å². The van der Waals surface area contributed by atoms with Gasteiger partial charge in [0, 0.05) is 24.0 Å². The molecule has 1 aromatic rings. The largest absolute Gasteiger partial charge is 0.381 e. The Bertz CT molecular complexity index is 659. The average Bonchev–Trinajstić information content (AvgIpc) is 2.64. The van der Waals surface area contributed by atoms with Gasteiger partial charge in [0.1, 0.15) is 6.04 Å². The minimum Gasteiger partial charge on any atom is -0.381 e. The summed E-state index contributed by atoms with van der Waals surface area (Å²) >= 11 is 3.47. The number of amides is 2. The summed E-state index contributed by atoms with van der Waals surface area (Å²) in [6.07, 6.45) is 6.44. The van der Waals surface area contributed by atoms with Crippen molar-refractivity contribution in [2.75, 3.05) is 17.7 Å². The summed E-state index contributed by atoms with van der Waals surface area (Å²) in [6, 6.07) is 5.74. The normalized spacial score (nSPS) is 26.1. The second kappa shape index (κ2) is 8.86. The number of carbonyl (C=O) groups excluding carboxylic acids is 2. The highest BCUT2D eigenvalue weighted by Crippen LogP contribution is 2.30. The Kier molecular flexibility index (Phi) is 6.53. The van der Waals surface area contributed by atoms with E-state index in [2.05, 4.69) is 31.9 Å². The number of halogens is 1. The zero-order valence-corrected chi connectivity index (χ0v) is 16.6. The summed E-state index contributed by atoms with van der Waals surface area (Å²) in [5.41, 5.74) is 1.64. The second-order valence-electron chi connectivity index (χ2n) is 7.05. The van der Waals surface area contributed by atoms with E-state index in [1.807, 2.05) is 18.2 Å².